The van der Waals surface area contributed by atoms with E-state index in [0.717, 1.165) is 10.0 Å². The molecule has 1 N–H and O–H groups in total. The molecule has 1 aromatic rings. The third-order valence-electron chi connectivity index (χ3n) is 2.33. The van der Waals surface area contributed by atoms with Gasteiger partial charge in [0.25, 0.3) is 5.91 Å². The van der Waals surface area contributed by atoms with Crippen LogP contribution in [0, 0.1) is 6.92 Å². The first-order valence-corrected chi connectivity index (χ1v) is 6.24. The van der Waals surface area contributed by atoms with Crippen molar-refractivity contribution in [1.82, 2.24) is 4.90 Å². The number of aliphatic hydroxyl groups is 1. The van der Waals surface area contributed by atoms with Gasteiger partial charge in [-0.15, -0.1) is 0 Å². The maximum Gasteiger partial charge on any atom is 0.254 e. The summed E-state index contributed by atoms with van der Waals surface area (Å²) in [5.41, 5.74) is 0.822. The van der Waals surface area contributed by atoms with Crippen LogP contribution in [-0.4, -0.2) is 35.1 Å². The minimum Gasteiger partial charge on any atom is -0.389 e. The van der Waals surface area contributed by atoms with Gasteiger partial charge in [0, 0.05) is 18.1 Å². The van der Waals surface area contributed by atoms with E-state index in [4.69, 9.17) is 0 Å². The average Bonchev–Trinajstić information content (AvgIpc) is 2.14. The molecule has 1 rings (SSSR count). The van der Waals surface area contributed by atoms with E-state index in [1.165, 1.54) is 4.90 Å². The van der Waals surface area contributed by atoms with Crippen LogP contribution in [0.25, 0.3) is 0 Å². The van der Waals surface area contributed by atoms with Crippen LogP contribution in [0.15, 0.2) is 22.7 Å². The second-order valence-electron chi connectivity index (χ2n) is 4.96. The Morgan fingerprint density at radius 2 is 2.06 bits per heavy atom. The minimum absolute atomic E-state index is 0.0981. The molecule has 0 aliphatic heterocycles. The maximum absolute atomic E-state index is 12.1. The Labute approximate surface area is 111 Å². The lowest BCUT2D eigenvalue weighted by Gasteiger charge is -2.26. The van der Waals surface area contributed by atoms with E-state index in [0.29, 0.717) is 12.1 Å². The molecular formula is C13H18BrNO2. The van der Waals surface area contributed by atoms with Crippen molar-refractivity contribution < 1.29 is 9.90 Å². The van der Waals surface area contributed by atoms with Gasteiger partial charge < -0.3 is 10.0 Å². The highest BCUT2D eigenvalue weighted by Crippen LogP contribution is 2.20. The predicted octanol–water partition coefficient (Wildman–Crippen LogP) is 2.60. The van der Waals surface area contributed by atoms with Crippen molar-refractivity contribution in [3.63, 3.8) is 0 Å². The lowest BCUT2D eigenvalue weighted by atomic mass is 10.1. The number of hydrogen-bond acceptors (Lipinski definition) is 2. The number of benzene rings is 1. The molecule has 0 spiro atoms. The summed E-state index contributed by atoms with van der Waals surface area (Å²) in [5.74, 6) is -0.0981. The number of carbonyl (C=O) groups excluding carboxylic acids is 1. The van der Waals surface area contributed by atoms with Crippen LogP contribution in [0.1, 0.15) is 29.8 Å². The zero-order valence-electron chi connectivity index (χ0n) is 10.6. The Morgan fingerprint density at radius 3 is 2.53 bits per heavy atom. The molecule has 3 nitrogen and oxygen atoms in total. The van der Waals surface area contributed by atoms with Crippen molar-refractivity contribution in [3.05, 3.63) is 33.8 Å². The normalized spacial score (nSPS) is 11.4. The molecule has 0 atom stereocenters. The molecule has 0 saturated heterocycles. The van der Waals surface area contributed by atoms with E-state index in [1.54, 1.807) is 27.0 Å². The summed E-state index contributed by atoms with van der Waals surface area (Å²) in [6, 6.07) is 5.60. The zero-order chi connectivity index (χ0) is 13.2. The van der Waals surface area contributed by atoms with Crippen molar-refractivity contribution in [2.45, 2.75) is 26.4 Å². The van der Waals surface area contributed by atoms with Crippen molar-refractivity contribution in [3.8, 4) is 0 Å². The summed E-state index contributed by atoms with van der Waals surface area (Å²) >= 11 is 3.39. The topological polar surface area (TPSA) is 40.5 Å². The Hall–Kier alpha value is -0.870. The van der Waals surface area contributed by atoms with Crippen molar-refractivity contribution in [2.24, 2.45) is 0 Å². The summed E-state index contributed by atoms with van der Waals surface area (Å²) in [7, 11) is 1.69. The van der Waals surface area contributed by atoms with Crippen LogP contribution in [0.5, 0.6) is 0 Å². The second-order valence-corrected chi connectivity index (χ2v) is 5.81. The van der Waals surface area contributed by atoms with E-state index in [2.05, 4.69) is 15.9 Å². The Kier molecular flexibility index (Phi) is 4.33. The van der Waals surface area contributed by atoms with Crippen LogP contribution >= 0.6 is 15.9 Å². The molecule has 0 saturated carbocycles. The third-order valence-corrected chi connectivity index (χ3v) is 2.98. The van der Waals surface area contributed by atoms with E-state index < -0.39 is 5.60 Å². The molecule has 0 aromatic heterocycles. The van der Waals surface area contributed by atoms with E-state index in [-0.39, 0.29) is 5.91 Å². The molecule has 0 radical (unpaired) electrons. The zero-order valence-corrected chi connectivity index (χ0v) is 12.2. The molecule has 4 heteroatoms. The van der Waals surface area contributed by atoms with Gasteiger partial charge in [0.1, 0.15) is 0 Å². The fourth-order valence-corrected chi connectivity index (χ4v) is 2.31. The molecule has 1 amide bonds. The lowest BCUT2D eigenvalue weighted by Crippen LogP contribution is -2.39. The van der Waals surface area contributed by atoms with Crippen molar-refractivity contribution in [1.29, 1.82) is 0 Å². The summed E-state index contributed by atoms with van der Waals surface area (Å²) in [4.78, 5) is 13.7. The summed E-state index contributed by atoms with van der Waals surface area (Å²) in [5, 5.41) is 9.69. The first kappa shape index (κ1) is 14.2. The smallest absolute Gasteiger partial charge is 0.254 e. The fraction of sp³-hybridized carbons (Fsp3) is 0.462. The SMILES string of the molecule is Cc1ccc(C(=O)N(C)CC(C)(C)O)c(Br)c1. The van der Waals surface area contributed by atoms with Gasteiger partial charge in [0.15, 0.2) is 0 Å². The number of likely N-dealkylation sites (N-methyl/N-ethyl adjacent to an activating group) is 1. The second kappa shape index (κ2) is 5.19. The Morgan fingerprint density at radius 1 is 1.47 bits per heavy atom. The van der Waals surface area contributed by atoms with Gasteiger partial charge in [-0.3, -0.25) is 4.79 Å². The first-order chi connectivity index (χ1) is 7.70. The van der Waals surface area contributed by atoms with Crippen LogP contribution in [-0.2, 0) is 0 Å². The average molecular weight is 300 g/mol. The van der Waals surface area contributed by atoms with Crippen LogP contribution in [0.3, 0.4) is 0 Å². The number of hydrogen-bond donors (Lipinski definition) is 1. The van der Waals surface area contributed by atoms with Gasteiger partial charge in [-0.05, 0) is 54.4 Å². The number of carbonyl (C=O) groups is 1. The number of nitrogens with zero attached hydrogens (tertiary/aromatic N) is 1. The quantitative estimate of drug-likeness (QED) is 0.932. The van der Waals surface area contributed by atoms with Crippen LogP contribution < -0.4 is 0 Å². The molecule has 0 aliphatic carbocycles. The van der Waals surface area contributed by atoms with Gasteiger partial charge in [0.05, 0.1) is 11.2 Å². The molecule has 94 valence electrons. The lowest BCUT2D eigenvalue weighted by molar-refractivity contribution is 0.0367. The van der Waals surface area contributed by atoms with E-state index in [1.807, 2.05) is 19.1 Å². The predicted molar refractivity (Wildman–Crippen MR) is 72.1 cm³/mol. The van der Waals surface area contributed by atoms with Crippen LogP contribution in [0.4, 0.5) is 0 Å². The number of aryl methyl sites for hydroxylation is 1. The summed E-state index contributed by atoms with van der Waals surface area (Å²) in [6.45, 7) is 5.63. The molecule has 0 fully saturated rings. The van der Waals surface area contributed by atoms with Gasteiger partial charge in [-0.2, -0.15) is 0 Å². The highest BCUT2D eigenvalue weighted by molar-refractivity contribution is 9.10. The number of halogens is 1. The molecule has 1 aromatic carbocycles. The van der Waals surface area contributed by atoms with Gasteiger partial charge >= 0.3 is 0 Å². The van der Waals surface area contributed by atoms with Crippen LogP contribution in [0.2, 0.25) is 0 Å². The number of amides is 1. The largest absolute Gasteiger partial charge is 0.389 e. The van der Waals surface area contributed by atoms with E-state index in [9.17, 15) is 9.90 Å². The highest BCUT2D eigenvalue weighted by atomic mass is 79.9. The molecular weight excluding hydrogens is 282 g/mol. The molecule has 0 heterocycles. The minimum atomic E-state index is -0.887. The van der Waals surface area contributed by atoms with Gasteiger partial charge in [-0.25, -0.2) is 0 Å². The van der Waals surface area contributed by atoms with Crippen molar-refractivity contribution in [2.75, 3.05) is 13.6 Å². The highest BCUT2D eigenvalue weighted by Gasteiger charge is 2.21. The standard InChI is InChI=1S/C13H18BrNO2/c1-9-5-6-10(11(14)7-9)12(16)15(4)8-13(2,3)17/h5-7,17H,8H2,1-4H3. The maximum atomic E-state index is 12.1. The molecule has 0 unspecified atom stereocenters. The Balaban J connectivity index is 2.89. The van der Waals surface area contributed by atoms with Gasteiger partial charge in [-0.1, -0.05) is 6.07 Å². The summed E-state index contributed by atoms with van der Waals surface area (Å²) < 4.78 is 0.782. The first-order valence-electron chi connectivity index (χ1n) is 5.45. The van der Waals surface area contributed by atoms with E-state index >= 15 is 0 Å². The fourth-order valence-electron chi connectivity index (χ4n) is 1.65. The molecule has 0 aliphatic rings. The molecule has 0 bridgehead atoms. The number of rotatable bonds is 3. The van der Waals surface area contributed by atoms with Gasteiger partial charge in [0.2, 0.25) is 0 Å². The molecule has 17 heavy (non-hydrogen) atoms. The Bertz CT molecular complexity index is 424. The summed E-state index contributed by atoms with van der Waals surface area (Å²) in [6.07, 6.45) is 0. The monoisotopic (exact) mass is 299 g/mol. The van der Waals surface area contributed by atoms with Crippen molar-refractivity contribution >= 4 is 21.8 Å². The third kappa shape index (κ3) is 4.13.